The van der Waals surface area contributed by atoms with Crippen LogP contribution in [0.1, 0.15) is 5.56 Å². The number of nitriles is 1. The molecule has 0 saturated carbocycles. The third kappa shape index (κ3) is 2.61. The summed E-state index contributed by atoms with van der Waals surface area (Å²) in [5.41, 5.74) is 6.83. The fraction of sp³-hybridized carbons (Fsp3) is 0.200. The lowest BCUT2D eigenvalue weighted by molar-refractivity contribution is 0.230. The van der Waals surface area contributed by atoms with Crippen LogP contribution in [-0.2, 0) is 0 Å². The molecule has 1 rings (SSSR count). The van der Waals surface area contributed by atoms with Gasteiger partial charge in [0.2, 0.25) is 0 Å². The number of carbonyl (C=O) groups excluding carboxylic acids is 1. The van der Waals surface area contributed by atoms with Gasteiger partial charge in [-0.25, -0.2) is 4.79 Å². The van der Waals surface area contributed by atoms with Crippen molar-refractivity contribution < 1.29 is 4.79 Å². The first-order valence-corrected chi connectivity index (χ1v) is 4.32. The molecule has 78 valence electrons. The molecule has 0 bridgehead atoms. The molecule has 0 radical (unpaired) electrons. The number of rotatable bonds is 1. The van der Waals surface area contributed by atoms with E-state index in [0.717, 1.165) is 0 Å². The van der Waals surface area contributed by atoms with E-state index in [1.165, 1.54) is 11.0 Å². The zero-order valence-corrected chi connectivity index (χ0v) is 8.61. The van der Waals surface area contributed by atoms with Crippen molar-refractivity contribution in [1.29, 1.82) is 5.26 Å². The van der Waals surface area contributed by atoms with E-state index in [2.05, 4.69) is 5.32 Å². The molecule has 0 fully saturated rings. The summed E-state index contributed by atoms with van der Waals surface area (Å²) in [6.45, 7) is 0. The summed E-state index contributed by atoms with van der Waals surface area (Å²) in [6.07, 6.45) is 0. The lowest BCUT2D eigenvalue weighted by Gasteiger charge is -2.12. The molecule has 0 aromatic heterocycles. The normalized spacial score (nSPS) is 9.13. The van der Waals surface area contributed by atoms with Gasteiger partial charge in [-0.3, -0.25) is 0 Å². The lowest BCUT2D eigenvalue weighted by atomic mass is 10.2. The second-order valence-electron chi connectivity index (χ2n) is 3.24. The zero-order valence-electron chi connectivity index (χ0n) is 8.61. The fourth-order valence-electron chi connectivity index (χ4n) is 0.990. The minimum Gasteiger partial charge on any atom is -0.399 e. The summed E-state index contributed by atoms with van der Waals surface area (Å²) < 4.78 is 0. The molecule has 1 aromatic carbocycles. The average molecular weight is 204 g/mol. The van der Waals surface area contributed by atoms with Crippen LogP contribution in [0, 0.1) is 11.3 Å². The Morgan fingerprint density at radius 3 is 2.73 bits per heavy atom. The number of nitrogens with two attached hydrogens (primary N) is 1. The SMILES string of the molecule is CN(C)C(=O)Nc1ccc(N)cc1C#N. The molecule has 5 heteroatoms. The summed E-state index contributed by atoms with van der Waals surface area (Å²) >= 11 is 0. The monoisotopic (exact) mass is 204 g/mol. The first kappa shape index (κ1) is 10.9. The molecule has 0 aliphatic carbocycles. The summed E-state index contributed by atoms with van der Waals surface area (Å²) in [5, 5.41) is 11.4. The molecule has 1 aromatic rings. The summed E-state index contributed by atoms with van der Waals surface area (Å²) in [7, 11) is 3.25. The number of carbonyl (C=O) groups is 1. The Morgan fingerprint density at radius 2 is 2.20 bits per heavy atom. The predicted molar refractivity (Wildman–Crippen MR) is 58.3 cm³/mol. The van der Waals surface area contributed by atoms with Crippen molar-refractivity contribution in [3.63, 3.8) is 0 Å². The van der Waals surface area contributed by atoms with Gasteiger partial charge in [-0.2, -0.15) is 5.26 Å². The van der Waals surface area contributed by atoms with Crippen molar-refractivity contribution in [2.45, 2.75) is 0 Å². The molecule has 0 atom stereocenters. The molecule has 5 nitrogen and oxygen atoms in total. The third-order valence-corrected chi connectivity index (χ3v) is 1.81. The third-order valence-electron chi connectivity index (χ3n) is 1.81. The van der Waals surface area contributed by atoms with Crippen molar-refractivity contribution in [3.05, 3.63) is 23.8 Å². The van der Waals surface area contributed by atoms with E-state index < -0.39 is 0 Å². The second-order valence-corrected chi connectivity index (χ2v) is 3.24. The lowest BCUT2D eigenvalue weighted by Crippen LogP contribution is -2.27. The van der Waals surface area contributed by atoms with Crippen molar-refractivity contribution >= 4 is 17.4 Å². The van der Waals surface area contributed by atoms with Gasteiger partial charge in [0.25, 0.3) is 0 Å². The number of anilines is 2. The summed E-state index contributed by atoms with van der Waals surface area (Å²) in [6, 6.07) is 6.44. The number of benzene rings is 1. The minimum atomic E-state index is -0.281. The van der Waals surface area contributed by atoms with E-state index in [0.29, 0.717) is 16.9 Å². The Hall–Kier alpha value is -2.22. The highest BCUT2D eigenvalue weighted by atomic mass is 16.2. The van der Waals surface area contributed by atoms with Gasteiger partial charge in [0.05, 0.1) is 11.3 Å². The molecule has 0 unspecified atom stereocenters. The molecule has 0 heterocycles. The van der Waals surface area contributed by atoms with E-state index >= 15 is 0 Å². The van der Waals surface area contributed by atoms with Crippen LogP contribution in [0.5, 0.6) is 0 Å². The highest BCUT2D eigenvalue weighted by Crippen LogP contribution is 2.17. The van der Waals surface area contributed by atoms with E-state index in [1.807, 2.05) is 6.07 Å². The number of urea groups is 1. The molecule has 0 spiro atoms. The van der Waals surface area contributed by atoms with Gasteiger partial charge >= 0.3 is 6.03 Å². The van der Waals surface area contributed by atoms with Gasteiger partial charge in [-0.05, 0) is 18.2 Å². The van der Waals surface area contributed by atoms with Gasteiger partial charge in [0.1, 0.15) is 6.07 Å². The number of nitrogens with one attached hydrogen (secondary N) is 1. The van der Waals surface area contributed by atoms with Gasteiger partial charge < -0.3 is 16.0 Å². The molecule has 15 heavy (non-hydrogen) atoms. The molecule has 0 saturated heterocycles. The minimum absolute atomic E-state index is 0.281. The maximum atomic E-state index is 11.3. The van der Waals surface area contributed by atoms with Gasteiger partial charge in [0.15, 0.2) is 0 Å². The molecular weight excluding hydrogens is 192 g/mol. The Balaban J connectivity index is 2.96. The topological polar surface area (TPSA) is 82.2 Å². The fourth-order valence-corrected chi connectivity index (χ4v) is 0.990. The molecule has 3 N–H and O–H groups in total. The van der Waals surface area contributed by atoms with Gasteiger partial charge in [-0.15, -0.1) is 0 Å². The number of hydrogen-bond donors (Lipinski definition) is 2. The number of nitrogens with zero attached hydrogens (tertiary/aromatic N) is 2. The number of amides is 2. The van der Waals surface area contributed by atoms with Crippen molar-refractivity contribution in [1.82, 2.24) is 4.90 Å². The van der Waals surface area contributed by atoms with Crippen LogP contribution in [0.2, 0.25) is 0 Å². The average Bonchev–Trinajstić information content (AvgIpc) is 2.20. The van der Waals surface area contributed by atoms with E-state index in [4.69, 9.17) is 11.0 Å². The quantitative estimate of drug-likeness (QED) is 0.675. The van der Waals surface area contributed by atoms with Crippen LogP contribution in [0.3, 0.4) is 0 Å². The maximum Gasteiger partial charge on any atom is 0.321 e. The largest absolute Gasteiger partial charge is 0.399 e. The van der Waals surface area contributed by atoms with Crippen LogP contribution in [0.25, 0.3) is 0 Å². The highest BCUT2D eigenvalue weighted by molar-refractivity contribution is 5.90. The van der Waals surface area contributed by atoms with Gasteiger partial charge in [-0.1, -0.05) is 0 Å². The highest BCUT2D eigenvalue weighted by Gasteiger charge is 2.07. The van der Waals surface area contributed by atoms with E-state index in [1.54, 1.807) is 26.2 Å². The Labute approximate surface area is 88.1 Å². The first-order chi connectivity index (χ1) is 7.04. The van der Waals surface area contributed by atoms with Gasteiger partial charge in [0, 0.05) is 19.8 Å². The van der Waals surface area contributed by atoms with Crippen LogP contribution >= 0.6 is 0 Å². The molecule has 0 aliphatic heterocycles. The van der Waals surface area contributed by atoms with Crippen molar-refractivity contribution in [2.75, 3.05) is 25.1 Å². The predicted octanol–water partition coefficient (Wildman–Crippen LogP) is 1.23. The van der Waals surface area contributed by atoms with Crippen molar-refractivity contribution in [2.24, 2.45) is 0 Å². The zero-order chi connectivity index (χ0) is 11.4. The first-order valence-electron chi connectivity index (χ1n) is 4.32. The number of hydrogen-bond acceptors (Lipinski definition) is 3. The van der Waals surface area contributed by atoms with Crippen LogP contribution in [0.15, 0.2) is 18.2 Å². The molecule has 2 amide bonds. The molecular formula is C10H12N4O. The number of nitrogen functional groups attached to an aromatic ring is 1. The van der Waals surface area contributed by atoms with Crippen molar-refractivity contribution in [3.8, 4) is 6.07 Å². The second kappa shape index (κ2) is 4.33. The van der Waals surface area contributed by atoms with E-state index in [-0.39, 0.29) is 6.03 Å². The van der Waals surface area contributed by atoms with E-state index in [9.17, 15) is 4.79 Å². The Bertz CT molecular complexity index is 420. The standard InChI is InChI=1S/C10H12N4O/c1-14(2)10(15)13-9-4-3-8(12)5-7(9)6-11/h3-5H,12H2,1-2H3,(H,13,15). The van der Waals surface area contributed by atoms with Crippen LogP contribution in [0.4, 0.5) is 16.2 Å². The maximum absolute atomic E-state index is 11.3. The summed E-state index contributed by atoms with van der Waals surface area (Å²) in [4.78, 5) is 12.7. The Kier molecular flexibility index (Phi) is 3.13. The van der Waals surface area contributed by atoms with Crippen LogP contribution < -0.4 is 11.1 Å². The Morgan fingerprint density at radius 1 is 1.53 bits per heavy atom. The summed E-state index contributed by atoms with van der Waals surface area (Å²) in [5.74, 6) is 0. The van der Waals surface area contributed by atoms with Crippen LogP contribution in [-0.4, -0.2) is 25.0 Å². The molecule has 0 aliphatic rings. The smallest absolute Gasteiger partial charge is 0.321 e.